The quantitative estimate of drug-likeness (QED) is 0.298. The van der Waals surface area contributed by atoms with Crippen LogP contribution in [0.15, 0.2) is 0 Å². The molecule has 6 heteroatoms. The van der Waals surface area contributed by atoms with Crippen molar-refractivity contribution in [1.82, 2.24) is 0 Å². The normalized spacial score (nSPS) is 0. The van der Waals surface area contributed by atoms with Crippen molar-refractivity contribution in [1.29, 1.82) is 0 Å². The molecular weight excluding hydrogens is 125 g/mol. The molecule has 0 saturated heterocycles. The van der Waals surface area contributed by atoms with Crippen LogP contribution in [0.5, 0.6) is 0 Å². The molecule has 0 fully saturated rings. The second-order valence-electron chi connectivity index (χ2n) is 0. The average Bonchev–Trinajstić information content (AvgIpc) is 0. The summed E-state index contributed by atoms with van der Waals surface area (Å²) in [7, 11) is 0. The summed E-state index contributed by atoms with van der Waals surface area (Å²) in [6.07, 6.45) is 0. The zero-order valence-corrected chi connectivity index (χ0v) is 1.50. The van der Waals surface area contributed by atoms with Crippen LogP contribution in [0.3, 0.4) is 0 Å². The van der Waals surface area contributed by atoms with Gasteiger partial charge in [-0.2, -0.15) is 0 Å². The van der Waals surface area contributed by atoms with E-state index in [1.54, 1.807) is 0 Å². The molecule has 0 atom stereocenters. The van der Waals surface area contributed by atoms with E-state index in [1.807, 2.05) is 0 Å². The second-order valence-corrected chi connectivity index (χ2v) is 0. The van der Waals surface area contributed by atoms with Crippen LogP contribution in [0.25, 0.3) is 0 Å². The molecule has 38 valence electrons. The van der Waals surface area contributed by atoms with Crippen LogP contribution in [0, 0.1) is 0 Å². The van der Waals surface area contributed by atoms with Crippen LogP contribution in [0.2, 0.25) is 0 Å². The van der Waals surface area contributed by atoms with E-state index in [0.717, 1.165) is 0 Å². The van der Waals surface area contributed by atoms with Crippen molar-refractivity contribution in [2.45, 2.75) is 0 Å². The van der Waals surface area contributed by atoms with Crippen LogP contribution in [0.1, 0.15) is 0 Å². The Morgan fingerprint density at radius 3 is 0.500 bits per heavy atom. The van der Waals surface area contributed by atoms with E-state index >= 15 is 0 Å². The van der Waals surface area contributed by atoms with Crippen molar-refractivity contribution < 1.29 is 16.4 Å². The van der Waals surface area contributed by atoms with E-state index in [-0.39, 0.29) is 80.7 Å². The molecule has 6 heavy (non-hydrogen) atoms. The van der Waals surface area contributed by atoms with Gasteiger partial charge in [0.25, 0.3) is 0 Å². The van der Waals surface area contributed by atoms with Gasteiger partial charge in [0.05, 0.1) is 0 Å². The fourth-order valence-electron chi connectivity index (χ4n) is 0. The predicted octanol–water partition coefficient (Wildman–Crippen LogP) is -5.49. The molecule has 0 aromatic heterocycles. The van der Waals surface area contributed by atoms with Gasteiger partial charge in [-0.15, -0.1) is 0 Å². The Labute approximate surface area is 80.0 Å². The first-order valence-corrected chi connectivity index (χ1v) is 0. The van der Waals surface area contributed by atoms with Crippen LogP contribution < -0.4 is 0 Å². The first-order valence-electron chi connectivity index (χ1n) is 0. The Morgan fingerprint density at radius 1 is 0.500 bits per heavy atom. The Balaban J connectivity index is 0. The van der Waals surface area contributed by atoms with Crippen LogP contribution in [0.4, 0.5) is 0 Å². The molecule has 3 nitrogen and oxygen atoms in total. The van der Waals surface area contributed by atoms with Gasteiger partial charge < -0.3 is 16.4 Å². The molecular formula is H13Al2NaO3. The van der Waals surface area contributed by atoms with Gasteiger partial charge in [-0.3, -0.25) is 0 Å². The zero-order valence-electron chi connectivity index (χ0n) is 1.50. The topological polar surface area (TPSA) is 94.5 Å². The number of hydrogen-bond donors (Lipinski definition) is 0. The zero-order chi connectivity index (χ0) is 0. The fourth-order valence-corrected chi connectivity index (χ4v) is 0. The number of hydrogen-bond acceptors (Lipinski definition) is 0. The van der Waals surface area contributed by atoms with Gasteiger partial charge in [-0.1, -0.05) is 0 Å². The molecule has 0 aliphatic carbocycles. The third-order valence-electron chi connectivity index (χ3n) is 0. The maximum absolute atomic E-state index is 0. The summed E-state index contributed by atoms with van der Waals surface area (Å²) in [6, 6.07) is 0. The first kappa shape index (κ1) is 101. The molecule has 0 bridgehead atoms. The molecule has 0 amide bonds. The molecule has 0 aliphatic heterocycles. The molecule has 0 aromatic carbocycles. The van der Waals surface area contributed by atoms with Crippen LogP contribution in [-0.4, -0.2) is 80.7 Å². The van der Waals surface area contributed by atoms with Gasteiger partial charge in [0.2, 0.25) is 0 Å². The third-order valence-corrected chi connectivity index (χ3v) is 0. The second kappa shape index (κ2) is 64.9. The summed E-state index contributed by atoms with van der Waals surface area (Å²) in [5, 5.41) is 0. The SMILES string of the molecule is O.O.O.[AlH3].[AlH3].[NaH]. The number of rotatable bonds is 0. The van der Waals surface area contributed by atoms with E-state index in [2.05, 4.69) is 0 Å². The van der Waals surface area contributed by atoms with Crippen molar-refractivity contribution in [2.75, 3.05) is 0 Å². The average molecular weight is 138 g/mol. The Morgan fingerprint density at radius 2 is 0.500 bits per heavy atom. The Kier molecular flexibility index (Phi) is 1100. The van der Waals surface area contributed by atoms with Gasteiger partial charge in [0.1, 0.15) is 0 Å². The summed E-state index contributed by atoms with van der Waals surface area (Å²) < 4.78 is 0. The molecule has 0 unspecified atom stereocenters. The molecule has 6 N–H and O–H groups in total. The predicted molar refractivity (Wildman–Crippen MR) is 37.9 cm³/mol. The minimum atomic E-state index is 0. The van der Waals surface area contributed by atoms with Crippen LogP contribution >= 0.6 is 0 Å². The minimum absolute atomic E-state index is 0. The molecule has 0 rings (SSSR count). The van der Waals surface area contributed by atoms with E-state index in [9.17, 15) is 0 Å². The van der Waals surface area contributed by atoms with Crippen molar-refractivity contribution in [2.24, 2.45) is 0 Å². The van der Waals surface area contributed by atoms with E-state index < -0.39 is 0 Å². The summed E-state index contributed by atoms with van der Waals surface area (Å²) in [6.45, 7) is 0. The van der Waals surface area contributed by atoms with E-state index in [4.69, 9.17) is 0 Å². The Bertz CT molecular complexity index is 8.75. The standard InChI is InChI=1S/2Al.Na.3H2O.7H/h;;;3*1H2;;;;;;;. The molecule has 0 spiro atoms. The monoisotopic (exact) mass is 138 g/mol. The van der Waals surface area contributed by atoms with Gasteiger partial charge in [-0.25, -0.2) is 0 Å². The van der Waals surface area contributed by atoms with Crippen molar-refractivity contribution in [3.05, 3.63) is 0 Å². The molecule has 0 aromatic rings. The molecule has 0 radical (unpaired) electrons. The van der Waals surface area contributed by atoms with E-state index in [1.165, 1.54) is 0 Å². The first-order chi connectivity index (χ1) is 0. The van der Waals surface area contributed by atoms with Crippen LogP contribution in [-0.2, 0) is 0 Å². The summed E-state index contributed by atoms with van der Waals surface area (Å²) >= 11 is 0. The summed E-state index contributed by atoms with van der Waals surface area (Å²) in [5.74, 6) is 0. The van der Waals surface area contributed by atoms with Crippen molar-refractivity contribution in [3.63, 3.8) is 0 Å². The molecule has 0 heterocycles. The summed E-state index contributed by atoms with van der Waals surface area (Å²) in [4.78, 5) is 0. The Hall–Kier alpha value is 1.94. The van der Waals surface area contributed by atoms with Gasteiger partial charge in [0.15, 0.2) is 34.7 Å². The summed E-state index contributed by atoms with van der Waals surface area (Å²) in [5.41, 5.74) is 0. The molecule has 0 aliphatic rings. The molecule has 0 saturated carbocycles. The van der Waals surface area contributed by atoms with Crippen molar-refractivity contribution >= 4 is 64.3 Å². The third kappa shape index (κ3) is 38.4. The van der Waals surface area contributed by atoms with E-state index in [0.29, 0.717) is 0 Å². The van der Waals surface area contributed by atoms with Crippen molar-refractivity contribution in [3.8, 4) is 0 Å². The van der Waals surface area contributed by atoms with Gasteiger partial charge >= 0.3 is 29.6 Å². The fraction of sp³-hybridized carbons (Fsp3) is 0. The maximum atomic E-state index is 0. The van der Waals surface area contributed by atoms with Gasteiger partial charge in [0, 0.05) is 0 Å². The van der Waals surface area contributed by atoms with Gasteiger partial charge in [-0.05, 0) is 0 Å².